The molecule has 16 heavy (non-hydrogen) atoms. The number of aromatic nitrogens is 1. The Morgan fingerprint density at radius 3 is 2.88 bits per heavy atom. The summed E-state index contributed by atoms with van der Waals surface area (Å²) in [5.41, 5.74) is 1.27. The van der Waals surface area contributed by atoms with Crippen molar-refractivity contribution in [1.29, 1.82) is 0 Å². The van der Waals surface area contributed by atoms with Gasteiger partial charge in [0, 0.05) is 5.69 Å². The zero-order chi connectivity index (χ0) is 11.3. The first-order chi connectivity index (χ1) is 7.59. The summed E-state index contributed by atoms with van der Waals surface area (Å²) in [5, 5.41) is 6.24. The van der Waals surface area contributed by atoms with Crippen molar-refractivity contribution < 1.29 is 4.79 Å². The van der Waals surface area contributed by atoms with Gasteiger partial charge in [-0.15, -0.1) is 0 Å². The third kappa shape index (κ3) is 1.29. The molecule has 1 aromatic heterocycles. The minimum Gasteiger partial charge on any atom is -0.354 e. The molecule has 1 aliphatic heterocycles. The Bertz CT molecular complexity index is 467. The lowest BCUT2D eigenvalue weighted by molar-refractivity contribution is -0.120. The largest absolute Gasteiger partial charge is 0.354 e. The zero-order valence-corrected chi connectivity index (χ0v) is 9.50. The van der Waals surface area contributed by atoms with Crippen molar-refractivity contribution in [1.82, 2.24) is 4.98 Å². The molecule has 0 saturated heterocycles. The molecule has 1 saturated carbocycles. The summed E-state index contributed by atoms with van der Waals surface area (Å²) in [6.07, 6.45) is 2.25. The van der Waals surface area contributed by atoms with Crippen LogP contribution in [-0.2, 0) is 4.79 Å². The fraction of sp³-hybridized carbons (Fsp3) is 0.500. The minimum atomic E-state index is -0.478. The fourth-order valence-corrected chi connectivity index (χ4v) is 2.26. The van der Waals surface area contributed by atoms with Gasteiger partial charge in [0.2, 0.25) is 5.91 Å². The lowest BCUT2D eigenvalue weighted by atomic mass is 9.92. The maximum atomic E-state index is 12.0. The highest BCUT2D eigenvalue weighted by molar-refractivity contribution is 6.05. The van der Waals surface area contributed by atoms with Gasteiger partial charge in [-0.05, 0) is 44.7 Å². The molecule has 2 N–H and O–H groups in total. The molecule has 1 aromatic rings. The van der Waals surface area contributed by atoms with Crippen LogP contribution in [0, 0.1) is 12.8 Å². The summed E-state index contributed by atoms with van der Waals surface area (Å²) >= 11 is 0. The third-order valence-corrected chi connectivity index (χ3v) is 3.53. The second-order valence-electron chi connectivity index (χ2n) is 4.90. The van der Waals surface area contributed by atoms with Crippen LogP contribution in [-0.4, -0.2) is 16.4 Å². The number of pyridine rings is 1. The highest BCUT2D eigenvalue weighted by atomic mass is 16.2. The van der Waals surface area contributed by atoms with E-state index in [4.69, 9.17) is 0 Å². The van der Waals surface area contributed by atoms with Gasteiger partial charge in [0.05, 0.1) is 5.69 Å². The van der Waals surface area contributed by atoms with Crippen LogP contribution < -0.4 is 10.6 Å². The molecule has 0 aromatic carbocycles. The number of anilines is 2. The van der Waals surface area contributed by atoms with Crippen molar-refractivity contribution >= 4 is 17.4 Å². The van der Waals surface area contributed by atoms with E-state index >= 15 is 0 Å². The van der Waals surface area contributed by atoms with E-state index in [0.717, 1.165) is 30.0 Å². The van der Waals surface area contributed by atoms with Crippen molar-refractivity contribution in [3.05, 3.63) is 17.8 Å². The summed E-state index contributed by atoms with van der Waals surface area (Å²) in [4.78, 5) is 16.5. The van der Waals surface area contributed by atoms with Gasteiger partial charge in [0.15, 0.2) is 5.82 Å². The van der Waals surface area contributed by atoms with E-state index in [-0.39, 0.29) is 5.91 Å². The lowest BCUT2D eigenvalue weighted by Gasteiger charge is -2.35. The first-order valence-corrected chi connectivity index (χ1v) is 5.67. The van der Waals surface area contributed by atoms with E-state index in [0.29, 0.717) is 5.92 Å². The number of aryl methyl sites for hydroxylation is 1. The fourth-order valence-electron chi connectivity index (χ4n) is 2.26. The Balaban J connectivity index is 2.02. The van der Waals surface area contributed by atoms with E-state index < -0.39 is 5.54 Å². The predicted octanol–water partition coefficient (Wildman–Crippen LogP) is 1.92. The SMILES string of the molecule is Cc1ccc2c(n1)NC(C)(C1CC1)C(=O)N2. The van der Waals surface area contributed by atoms with Crippen molar-refractivity contribution in [3.63, 3.8) is 0 Å². The molecule has 2 aliphatic rings. The van der Waals surface area contributed by atoms with Crippen LogP contribution in [0.5, 0.6) is 0 Å². The number of amides is 1. The minimum absolute atomic E-state index is 0.0631. The molecule has 1 atom stereocenters. The van der Waals surface area contributed by atoms with Gasteiger partial charge in [-0.3, -0.25) is 4.79 Å². The van der Waals surface area contributed by atoms with Crippen molar-refractivity contribution in [2.24, 2.45) is 5.92 Å². The summed E-state index contributed by atoms with van der Waals surface area (Å²) in [7, 11) is 0. The molecule has 1 fully saturated rings. The second-order valence-corrected chi connectivity index (χ2v) is 4.90. The van der Waals surface area contributed by atoms with Gasteiger partial charge in [-0.1, -0.05) is 0 Å². The van der Waals surface area contributed by atoms with Crippen molar-refractivity contribution in [2.45, 2.75) is 32.2 Å². The van der Waals surface area contributed by atoms with E-state index in [2.05, 4.69) is 15.6 Å². The van der Waals surface area contributed by atoms with Gasteiger partial charge in [-0.2, -0.15) is 0 Å². The number of hydrogen-bond acceptors (Lipinski definition) is 3. The normalized spacial score (nSPS) is 28.0. The Morgan fingerprint density at radius 2 is 2.19 bits per heavy atom. The van der Waals surface area contributed by atoms with Gasteiger partial charge in [0.25, 0.3) is 0 Å². The van der Waals surface area contributed by atoms with Crippen molar-refractivity contribution in [3.8, 4) is 0 Å². The summed E-state index contributed by atoms with van der Waals surface area (Å²) in [5.74, 6) is 1.31. The molecule has 4 nitrogen and oxygen atoms in total. The van der Waals surface area contributed by atoms with Gasteiger partial charge < -0.3 is 10.6 Å². The molecule has 0 bridgehead atoms. The van der Waals surface area contributed by atoms with Crippen LogP contribution in [0.15, 0.2) is 12.1 Å². The maximum absolute atomic E-state index is 12.0. The first-order valence-electron chi connectivity index (χ1n) is 5.67. The van der Waals surface area contributed by atoms with Crippen LogP contribution in [0.4, 0.5) is 11.5 Å². The second kappa shape index (κ2) is 2.97. The molecule has 84 valence electrons. The van der Waals surface area contributed by atoms with E-state index in [1.54, 1.807) is 0 Å². The topological polar surface area (TPSA) is 54.0 Å². The van der Waals surface area contributed by atoms with Crippen molar-refractivity contribution in [2.75, 3.05) is 10.6 Å². The summed E-state index contributed by atoms with van der Waals surface area (Å²) in [6.45, 7) is 3.92. The molecule has 3 rings (SSSR count). The monoisotopic (exact) mass is 217 g/mol. The van der Waals surface area contributed by atoms with Gasteiger partial charge in [-0.25, -0.2) is 4.98 Å². The third-order valence-electron chi connectivity index (χ3n) is 3.53. The molecule has 1 unspecified atom stereocenters. The summed E-state index contributed by atoms with van der Waals surface area (Å²) < 4.78 is 0. The molecular weight excluding hydrogens is 202 g/mol. The quantitative estimate of drug-likeness (QED) is 0.755. The number of hydrogen-bond donors (Lipinski definition) is 2. The Hall–Kier alpha value is -1.58. The first kappa shape index (κ1) is 9.63. The van der Waals surface area contributed by atoms with Crippen LogP contribution >= 0.6 is 0 Å². The molecular formula is C12H15N3O. The maximum Gasteiger partial charge on any atom is 0.250 e. The van der Waals surface area contributed by atoms with Gasteiger partial charge in [0.1, 0.15) is 5.54 Å². The van der Waals surface area contributed by atoms with E-state index in [1.807, 2.05) is 26.0 Å². The Kier molecular flexibility index (Phi) is 1.79. The molecule has 4 heteroatoms. The van der Waals surface area contributed by atoms with Gasteiger partial charge >= 0.3 is 0 Å². The zero-order valence-electron chi connectivity index (χ0n) is 9.50. The van der Waals surface area contributed by atoms with Crippen LogP contribution in [0.3, 0.4) is 0 Å². The van der Waals surface area contributed by atoms with Crippen LogP contribution in [0.25, 0.3) is 0 Å². The Labute approximate surface area is 94.5 Å². The van der Waals surface area contributed by atoms with Crippen LogP contribution in [0.2, 0.25) is 0 Å². The standard InChI is InChI=1S/C12H15N3O/c1-7-3-6-9-10(13-7)15-12(2,8-4-5-8)11(16)14-9/h3,6,8H,4-5H2,1-2H3,(H,13,15)(H,14,16). The molecule has 0 spiro atoms. The lowest BCUT2D eigenvalue weighted by Crippen LogP contribution is -2.52. The highest BCUT2D eigenvalue weighted by Crippen LogP contribution is 2.44. The number of carbonyl (C=O) groups excluding carboxylic acids is 1. The molecule has 0 radical (unpaired) electrons. The number of nitrogens with one attached hydrogen (secondary N) is 2. The molecule has 1 amide bonds. The number of carbonyl (C=O) groups is 1. The average Bonchev–Trinajstić information content (AvgIpc) is 3.04. The number of fused-ring (bicyclic) bond motifs is 1. The van der Waals surface area contributed by atoms with E-state index in [9.17, 15) is 4.79 Å². The Morgan fingerprint density at radius 1 is 1.44 bits per heavy atom. The number of rotatable bonds is 1. The number of nitrogens with zero attached hydrogens (tertiary/aromatic N) is 1. The molecule has 2 heterocycles. The molecule has 1 aliphatic carbocycles. The average molecular weight is 217 g/mol. The van der Waals surface area contributed by atoms with Crippen LogP contribution in [0.1, 0.15) is 25.5 Å². The summed E-state index contributed by atoms with van der Waals surface area (Å²) in [6, 6.07) is 3.80. The van der Waals surface area contributed by atoms with E-state index in [1.165, 1.54) is 0 Å². The predicted molar refractivity (Wildman–Crippen MR) is 62.4 cm³/mol. The smallest absolute Gasteiger partial charge is 0.250 e. The highest BCUT2D eigenvalue weighted by Gasteiger charge is 2.49.